The third kappa shape index (κ3) is 2.65. The number of pyridine rings is 1. The van der Waals surface area contributed by atoms with Gasteiger partial charge in [0, 0.05) is 5.39 Å². The summed E-state index contributed by atoms with van der Waals surface area (Å²) in [6.45, 7) is 1.99. The smallest absolute Gasteiger partial charge is 0.123 e. The first-order valence-electron chi connectivity index (χ1n) is 6.98. The van der Waals surface area contributed by atoms with Gasteiger partial charge in [-0.3, -0.25) is 4.98 Å². The maximum atomic E-state index is 13.6. The molecule has 2 nitrogen and oxygen atoms in total. The number of fused-ring (bicyclic) bond motifs is 1. The lowest BCUT2D eigenvalue weighted by atomic mass is 9.98. The number of aromatic nitrogens is 1. The van der Waals surface area contributed by atoms with Crippen LogP contribution in [-0.4, -0.2) is 12.0 Å². The van der Waals surface area contributed by atoms with Crippen LogP contribution in [0.25, 0.3) is 10.9 Å². The molecule has 0 aliphatic heterocycles. The summed E-state index contributed by atoms with van der Waals surface area (Å²) in [7, 11) is 1.87. The van der Waals surface area contributed by atoms with Gasteiger partial charge in [-0.25, -0.2) is 4.39 Å². The molecule has 0 aliphatic rings. The van der Waals surface area contributed by atoms with Gasteiger partial charge in [0.1, 0.15) is 5.82 Å². The van der Waals surface area contributed by atoms with Crippen LogP contribution in [0.15, 0.2) is 54.6 Å². The summed E-state index contributed by atoms with van der Waals surface area (Å²) >= 11 is 0. The molecule has 0 spiro atoms. The van der Waals surface area contributed by atoms with Crippen LogP contribution < -0.4 is 5.32 Å². The zero-order chi connectivity index (χ0) is 14.8. The fourth-order valence-electron chi connectivity index (χ4n) is 2.63. The third-order valence-corrected chi connectivity index (χ3v) is 3.76. The summed E-state index contributed by atoms with van der Waals surface area (Å²) in [6.07, 6.45) is 0. The van der Waals surface area contributed by atoms with Crippen molar-refractivity contribution in [2.75, 3.05) is 7.05 Å². The Morgan fingerprint density at radius 3 is 2.67 bits per heavy atom. The van der Waals surface area contributed by atoms with Gasteiger partial charge in [0.05, 0.1) is 17.3 Å². The van der Waals surface area contributed by atoms with Gasteiger partial charge < -0.3 is 5.32 Å². The minimum atomic E-state index is -0.225. The van der Waals surface area contributed by atoms with Crippen molar-refractivity contribution in [3.8, 4) is 0 Å². The molecule has 3 rings (SSSR count). The molecule has 1 unspecified atom stereocenters. The fourth-order valence-corrected chi connectivity index (χ4v) is 2.63. The van der Waals surface area contributed by atoms with Gasteiger partial charge in [-0.2, -0.15) is 0 Å². The zero-order valence-electron chi connectivity index (χ0n) is 12.1. The number of nitrogens with zero attached hydrogens (tertiary/aromatic N) is 1. The highest BCUT2D eigenvalue weighted by atomic mass is 19.1. The van der Waals surface area contributed by atoms with Crippen molar-refractivity contribution >= 4 is 10.9 Å². The van der Waals surface area contributed by atoms with Crippen LogP contribution in [-0.2, 0) is 0 Å². The highest BCUT2D eigenvalue weighted by Gasteiger charge is 2.16. The average molecular weight is 280 g/mol. The van der Waals surface area contributed by atoms with E-state index < -0.39 is 0 Å². The Kier molecular flexibility index (Phi) is 3.67. The van der Waals surface area contributed by atoms with E-state index in [9.17, 15) is 4.39 Å². The van der Waals surface area contributed by atoms with E-state index in [4.69, 9.17) is 4.98 Å². The summed E-state index contributed by atoms with van der Waals surface area (Å²) in [5.74, 6) is -0.225. The number of aryl methyl sites for hydroxylation is 1. The van der Waals surface area contributed by atoms with Gasteiger partial charge in [0.25, 0.3) is 0 Å². The summed E-state index contributed by atoms with van der Waals surface area (Å²) in [4.78, 5) is 4.71. The monoisotopic (exact) mass is 280 g/mol. The van der Waals surface area contributed by atoms with Crippen molar-refractivity contribution < 1.29 is 4.39 Å². The molecule has 0 saturated carbocycles. The molecule has 1 N–H and O–H groups in total. The Labute approximate surface area is 123 Å². The number of hydrogen-bond acceptors (Lipinski definition) is 2. The zero-order valence-corrected chi connectivity index (χ0v) is 12.1. The van der Waals surface area contributed by atoms with Crippen molar-refractivity contribution in [2.24, 2.45) is 0 Å². The first-order valence-corrected chi connectivity index (χ1v) is 6.98. The van der Waals surface area contributed by atoms with Crippen molar-refractivity contribution in [3.05, 3.63) is 77.2 Å². The van der Waals surface area contributed by atoms with E-state index in [1.54, 1.807) is 12.1 Å². The molecule has 0 bridgehead atoms. The molecule has 2 aromatic carbocycles. The van der Waals surface area contributed by atoms with Crippen LogP contribution in [0, 0.1) is 12.7 Å². The summed E-state index contributed by atoms with van der Waals surface area (Å²) in [5, 5.41) is 4.34. The van der Waals surface area contributed by atoms with E-state index in [2.05, 4.69) is 11.4 Å². The van der Waals surface area contributed by atoms with Gasteiger partial charge in [0.2, 0.25) is 0 Å². The second-order valence-electron chi connectivity index (χ2n) is 5.15. The van der Waals surface area contributed by atoms with Crippen molar-refractivity contribution in [1.29, 1.82) is 0 Å². The maximum Gasteiger partial charge on any atom is 0.123 e. The molecule has 1 aromatic heterocycles. The van der Waals surface area contributed by atoms with E-state index in [0.29, 0.717) is 0 Å². The molecule has 21 heavy (non-hydrogen) atoms. The molecule has 0 saturated heterocycles. The first kappa shape index (κ1) is 13.7. The minimum absolute atomic E-state index is 0.120. The number of para-hydroxylation sites is 1. The van der Waals surface area contributed by atoms with Crippen LogP contribution in [0.2, 0.25) is 0 Å². The second kappa shape index (κ2) is 5.62. The largest absolute Gasteiger partial charge is 0.308 e. The minimum Gasteiger partial charge on any atom is -0.308 e. The van der Waals surface area contributed by atoms with E-state index in [0.717, 1.165) is 27.7 Å². The number of hydrogen-bond donors (Lipinski definition) is 1. The van der Waals surface area contributed by atoms with Gasteiger partial charge in [-0.1, -0.05) is 30.3 Å². The van der Waals surface area contributed by atoms with Gasteiger partial charge >= 0.3 is 0 Å². The number of nitrogens with one attached hydrogen (secondary N) is 1. The molecule has 0 amide bonds. The van der Waals surface area contributed by atoms with Crippen molar-refractivity contribution in [3.63, 3.8) is 0 Å². The van der Waals surface area contributed by atoms with Crippen LogP contribution in [0.4, 0.5) is 4.39 Å². The van der Waals surface area contributed by atoms with Crippen LogP contribution in [0.5, 0.6) is 0 Å². The van der Waals surface area contributed by atoms with Gasteiger partial charge in [-0.05, 0) is 49.4 Å². The third-order valence-electron chi connectivity index (χ3n) is 3.76. The summed E-state index contributed by atoms with van der Waals surface area (Å²) < 4.78 is 13.6. The fraction of sp³-hybridized carbons (Fsp3) is 0.167. The number of halogens is 1. The maximum absolute atomic E-state index is 13.6. The lowest BCUT2D eigenvalue weighted by molar-refractivity contribution is 0.612. The Balaban J connectivity index is 2.11. The van der Waals surface area contributed by atoms with Gasteiger partial charge in [-0.15, -0.1) is 0 Å². The van der Waals surface area contributed by atoms with Crippen molar-refractivity contribution in [2.45, 2.75) is 13.0 Å². The predicted molar refractivity (Wildman–Crippen MR) is 83.8 cm³/mol. The Morgan fingerprint density at radius 2 is 1.86 bits per heavy atom. The van der Waals surface area contributed by atoms with Crippen LogP contribution in [0.1, 0.15) is 22.9 Å². The molecular formula is C18H17FN2. The Morgan fingerprint density at radius 1 is 1.05 bits per heavy atom. The Hall–Kier alpha value is -2.26. The van der Waals surface area contributed by atoms with Gasteiger partial charge in [0.15, 0.2) is 0 Å². The van der Waals surface area contributed by atoms with Crippen LogP contribution in [0.3, 0.4) is 0 Å². The second-order valence-corrected chi connectivity index (χ2v) is 5.15. The number of benzene rings is 2. The first-order chi connectivity index (χ1) is 10.2. The molecule has 106 valence electrons. The molecule has 3 heteroatoms. The van der Waals surface area contributed by atoms with E-state index in [1.807, 2.05) is 44.3 Å². The average Bonchev–Trinajstić information content (AvgIpc) is 2.51. The molecule has 3 aromatic rings. The Bertz CT molecular complexity index is 783. The van der Waals surface area contributed by atoms with E-state index >= 15 is 0 Å². The summed E-state index contributed by atoms with van der Waals surface area (Å²) in [6, 6.07) is 16.8. The van der Waals surface area contributed by atoms with Crippen molar-refractivity contribution in [1.82, 2.24) is 10.3 Å². The molecule has 0 fully saturated rings. The number of rotatable bonds is 3. The lowest BCUT2D eigenvalue weighted by Gasteiger charge is -2.19. The normalized spacial score (nSPS) is 12.5. The SMILES string of the molecule is CNC(c1ccc2ccccc2n1)c1cc(F)ccc1C. The molecule has 0 radical (unpaired) electrons. The molecule has 1 atom stereocenters. The quantitative estimate of drug-likeness (QED) is 0.784. The van der Waals surface area contributed by atoms with Crippen LogP contribution >= 0.6 is 0 Å². The lowest BCUT2D eigenvalue weighted by Crippen LogP contribution is -2.20. The predicted octanol–water partition coefficient (Wildman–Crippen LogP) is 3.99. The highest BCUT2D eigenvalue weighted by Crippen LogP contribution is 2.25. The highest BCUT2D eigenvalue weighted by molar-refractivity contribution is 5.78. The summed E-state index contributed by atoms with van der Waals surface area (Å²) in [5.41, 5.74) is 3.81. The molecular weight excluding hydrogens is 263 g/mol. The van der Waals surface area contributed by atoms with E-state index in [1.165, 1.54) is 6.07 Å². The topological polar surface area (TPSA) is 24.9 Å². The standard InChI is InChI=1S/C18H17FN2/c1-12-7-9-14(19)11-15(12)18(20-2)17-10-8-13-5-3-4-6-16(13)21-17/h3-11,18,20H,1-2H3. The molecule has 0 aliphatic carbocycles. The van der Waals surface area contributed by atoms with E-state index in [-0.39, 0.29) is 11.9 Å². The molecule has 1 heterocycles.